The Kier molecular flexibility index (Phi) is 6.62. The van der Waals surface area contributed by atoms with Gasteiger partial charge in [-0.25, -0.2) is 4.39 Å². The van der Waals surface area contributed by atoms with Gasteiger partial charge < -0.3 is 20.5 Å². The molecule has 2 fully saturated rings. The Morgan fingerprint density at radius 1 is 1.31 bits per heavy atom. The zero-order chi connectivity index (χ0) is 21.2. The highest BCUT2D eigenvalue weighted by Crippen LogP contribution is 2.49. The lowest BCUT2D eigenvalue weighted by molar-refractivity contribution is 0.201. The van der Waals surface area contributed by atoms with Crippen molar-refractivity contribution in [3.05, 3.63) is 46.5 Å². The van der Waals surface area contributed by atoms with Crippen LogP contribution in [0, 0.1) is 18.2 Å². The number of hydrogen-bond acceptors (Lipinski definition) is 4. The molecular formula is C22H33ClFN5. The highest BCUT2D eigenvalue weighted by atomic mass is 35.5. The molecule has 1 saturated heterocycles. The second-order valence-corrected chi connectivity index (χ2v) is 8.95. The molecule has 1 unspecified atom stereocenters. The van der Waals surface area contributed by atoms with Crippen molar-refractivity contribution in [1.82, 2.24) is 20.5 Å². The SMILES string of the molecule is C=C(NC(c1c(F)ccc(C)c1Cl)C1(C)CCCC1)N1CCN(C)/C(=N\NC)C1. The lowest BCUT2D eigenvalue weighted by atomic mass is 9.76. The minimum Gasteiger partial charge on any atom is -0.365 e. The molecule has 160 valence electrons. The summed E-state index contributed by atoms with van der Waals surface area (Å²) in [6.45, 7) is 10.8. The minimum atomic E-state index is -0.255. The van der Waals surface area contributed by atoms with Crippen molar-refractivity contribution in [3.8, 4) is 0 Å². The van der Waals surface area contributed by atoms with Crippen LogP contribution >= 0.6 is 11.6 Å². The van der Waals surface area contributed by atoms with Crippen LogP contribution in [0.5, 0.6) is 0 Å². The molecular weight excluding hydrogens is 389 g/mol. The number of benzene rings is 1. The van der Waals surface area contributed by atoms with Gasteiger partial charge in [-0.2, -0.15) is 5.10 Å². The van der Waals surface area contributed by atoms with E-state index in [-0.39, 0.29) is 17.3 Å². The Bertz CT molecular complexity index is 788. The molecule has 0 spiro atoms. The van der Waals surface area contributed by atoms with Gasteiger partial charge >= 0.3 is 0 Å². The van der Waals surface area contributed by atoms with Crippen molar-refractivity contribution in [3.63, 3.8) is 0 Å². The van der Waals surface area contributed by atoms with E-state index in [2.05, 4.69) is 39.1 Å². The molecule has 2 N–H and O–H groups in total. The number of hydrogen-bond donors (Lipinski definition) is 2. The fraction of sp³-hybridized carbons (Fsp3) is 0.591. The van der Waals surface area contributed by atoms with Crippen LogP contribution in [0.4, 0.5) is 4.39 Å². The number of piperazine rings is 1. The Labute approximate surface area is 179 Å². The summed E-state index contributed by atoms with van der Waals surface area (Å²) in [5, 5.41) is 8.46. The molecule has 1 saturated carbocycles. The summed E-state index contributed by atoms with van der Waals surface area (Å²) in [5.74, 6) is 1.48. The molecule has 2 aliphatic rings. The number of hydrazone groups is 1. The van der Waals surface area contributed by atoms with Crippen LogP contribution in [0.1, 0.15) is 49.8 Å². The van der Waals surface area contributed by atoms with Crippen LogP contribution in [-0.2, 0) is 0 Å². The first kappa shape index (κ1) is 21.8. The van der Waals surface area contributed by atoms with Gasteiger partial charge in [0.25, 0.3) is 0 Å². The molecule has 3 rings (SSSR count). The third-order valence-electron chi connectivity index (χ3n) is 6.46. The smallest absolute Gasteiger partial charge is 0.144 e. The van der Waals surface area contributed by atoms with Crippen molar-refractivity contribution in [2.75, 3.05) is 33.7 Å². The van der Waals surface area contributed by atoms with Gasteiger partial charge in [0, 0.05) is 32.7 Å². The summed E-state index contributed by atoms with van der Waals surface area (Å²) in [4.78, 5) is 4.30. The van der Waals surface area contributed by atoms with E-state index in [0.717, 1.165) is 56.0 Å². The predicted octanol–water partition coefficient (Wildman–Crippen LogP) is 4.25. The molecule has 7 heteroatoms. The van der Waals surface area contributed by atoms with Crippen LogP contribution in [-0.4, -0.2) is 49.4 Å². The fourth-order valence-corrected chi connectivity index (χ4v) is 4.78. The van der Waals surface area contributed by atoms with Gasteiger partial charge in [0.2, 0.25) is 0 Å². The average molecular weight is 422 g/mol. The Balaban J connectivity index is 1.90. The first-order valence-electron chi connectivity index (χ1n) is 10.4. The maximum absolute atomic E-state index is 15.0. The van der Waals surface area contributed by atoms with Crippen molar-refractivity contribution >= 4 is 17.4 Å². The number of aryl methyl sites for hydroxylation is 1. The molecule has 1 aromatic carbocycles. The normalized spacial score (nSPS) is 21.4. The molecule has 0 aromatic heterocycles. The Morgan fingerprint density at radius 3 is 2.66 bits per heavy atom. The molecule has 0 bridgehead atoms. The standard InChI is InChI=1S/C22H33ClFN5/c1-15-8-9-17(24)19(20(15)23)21(22(3)10-6-7-11-22)26-16(2)29-13-12-28(5)18(14-29)27-25-4/h8-9,21,25-26H,2,6-7,10-14H2,1,3-5H3/b27-18-. The van der Waals surface area contributed by atoms with Crippen LogP contribution in [0.25, 0.3) is 0 Å². The number of nitrogens with one attached hydrogen (secondary N) is 2. The van der Waals surface area contributed by atoms with Gasteiger partial charge in [-0.05, 0) is 36.8 Å². The second-order valence-electron chi connectivity index (χ2n) is 8.57. The summed E-state index contributed by atoms with van der Waals surface area (Å²) >= 11 is 6.63. The van der Waals surface area contributed by atoms with Crippen molar-refractivity contribution < 1.29 is 4.39 Å². The zero-order valence-corrected chi connectivity index (χ0v) is 18.7. The van der Waals surface area contributed by atoms with Crippen molar-refractivity contribution in [2.45, 2.75) is 45.6 Å². The lowest BCUT2D eigenvalue weighted by Gasteiger charge is -2.42. The van der Waals surface area contributed by atoms with E-state index < -0.39 is 0 Å². The third kappa shape index (κ3) is 4.47. The molecule has 29 heavy (non-hydrogen) atoms. The number of rotatable bonds is 6. The Morgan fingerprint density at radius 2 is 2.00 bits per heavy atom. The lowest BCUT2D eigenvalue weighted by Crippen LogP contribution is -2.51. The van der Waals surface area contributed by atoms with E-state index in [9.17, 15) is 0 Å². The van der Waals surface area contributed by atoms with Crippen LogP contribution < -0.4 is 10.7 Å². The fourth-order valence-electron chi connectivity index (χ4n) is 4.52. The van der Waals surface area contributed by atoms with Crippen molar-refractivity contribution in [1.29, 1.82) is 0 Å². The quantitative estimate of drug-likeness (QED) is 0.674. The molecule has 5 nitrogen and oxygen atoms in total. The highest BCUT2D eigenvalue weighted by molar-refractivity contribution is 6.32. The van der Waals surface area contributed by atoms with Gasteiger partial charge in [0.1, 0.15) is 11.7 Å². The Hall–Kier alpha value is -1.95. The number of likely N-dealkylation sites (N-methyl/N-ethyl adjacent to an activating group) is 1. The monoisotopic (exact) mass is 421 g/mol. The zero-order valence-electron chi connectivity index (χ0n) is 18.0. The predicted molar refractivity (Wildman–Crippen MR) is 118 cm³/mol. The van der Waals surface area contributed by atoms with Crippen LogP contribution in [0.15, 0.2) is 29.6 Å². The molecule has 1 heterocycles. The van der Waals surface area contributed by atoms with E-state index in [0.29, 0.717) is 17.1 Å². The number of halogens is 2. The largest absolute Gasteiger partial charge is 0.365 e. The summed E-state index contributed by atoms with van der Waals surface area (Å²) in [7, 11) is 3.83. The second kappa shape index (κ2) is 8.82. The molecule has 1 aliphatic heterocycles. The maximum atomic E-state index is 15.0. The first-order valence-corrected chi connectivity index (χ1v) is 10.7. The highest BCUT2D eigenvalue weighted by Gasteiger charge is 2.41. The molecule has 1 aromatic rings. The first-order chi connectivity index (χ1) is 13.8. The molecule has 0 amide bonds. The van der Waals surface area contributed by atoms with Gasteiger partial charge in [-0.15, -0.1) is 0 Å². The van der Waals surface area contributed by atoms with Crippen LogP contribution in [0.3, 0.4) is 0 Å². The molecule has 0 radical (unpaired) electrons. The van der Waals surface area contributed by atoms with Crippen LogP contribution in [0.2, 0.25) is 5.02 Å². The minimum absolute atomic E-state index is 0.0737. The number of nitrogens with zero attached hydrogens (tertiary/aromatic N) is 3. The van der Waals surface area contributed by atoms with Gasteiger partial charge in [0.15, 0.2) is 0 Å². The third-order valence-corrected chi connectivity index (χ3v) is 6.96. The van der Waals surface area contributed by atoms with Crippen molar-refractivity contribution in [2.24, 2.45) is 10.5 Å². The topological polar surface area (TPSA) is 42.9 Å². The maximum Gasteiger partial charge on any atom is 0.144 e. The van der Waals surface area contributed by atoms with Gasteiger partial charge in [0.05, 0.1) is 23.4 Å². The summed E-state index contributed by atoms with van der Waals surface area (Å²) < 4.78 is 15.0. The van der Waals surface area contributed by atoms with E-state index in [4.69, 9.17) is 11.6 Å². The van der Waals surface area contributed by atoms with E-state index in [1.807, 2.05) is 14.0 Å². The summed E-state index contributed by atoms with van der Waals surface area (Å²) in [6.07, 6.45) is 4.38. The molecule has 1 atom stereocenters. The van der Waals surface area contributed by atoms with E-state index in [1.165, 1.54) is 6.07 Å². The van der Waals surface area contributed by atoms with E-state index >= 15 is 4.39 Å². The molecule has 1 aliphatic carbocycles. The van der Waals surface area contributed by atoms with Gasteiger partial charge in [-0.3, -0.25) is 0 Å². The van der Waals surface area contributed by atoms with Gasteiger partial charge in [-0.1, -0.05) is 44.0 Å². The number of amidine groups is 1. The summed E-state index contributed by atoms with van der Waals surface area (Å²) in [6, 6.07) is 3.04. The summed E-state index contributed by atoms with van der Waals surface area (Å²) in [5.41, 5.74) is 4.25. The average Bonchev–Trinajstić information content (AvgIpc) is 3.13. The van der Waals surface area contributed by atoms with E-state index in [1.54, 1.807) is 13.1 Å².